The summed E-state index contributed by atoms with van der Waals surface area (Å²) in [4.78, 5) is 19.0. The van der Waals surface area contributed by atoms with E-state index in [9.17, 15) is 10.1 Å². The van der Waals surface area contributed by atoms with E-state index >= 15 is 0 Å². The Kier molecular flexibility index (Phi) is 4.68. The summed E-state index contributed by atoms with van der Waals surface area (Å²) in [6.45, 7) is 7.83. The number of rotatable bonds is 5. The molecule has 26 heavy (non-hydrogen) atoms. The lowest BCUT2D eigenvalue weighted by Crippen LogP contribution is -2.41. The second-order valence-corrected chi connectivity index (χ2v) is 7.08. The first-order chi connectivity index (χ1) is 12.2. The maximum absolute atomic E-state index is 11.4. The van der Waals surface area contributed by atoms with Crippen LogP contribution in [-0.2, 0) is 15.9 Å². The highest BCUT2D eigenvalue weighted by Gasteiger charge is 2.52. The molecule has 0 radical (unpaired) electrons. The lowest BCUT2D eigenvalue weighted by atomic mass is 9.80. The molecule has 2 aromatic rings. The minimum absolute atomic E-state index is 0.0490. The van der Waals surface area contributed by atoms with Crippen LogP contribution in [0.2, 0.25) is 0 Å². The van der Waals surface area contributed by atoms with Gasteiger partial charge in [-0.15, -0.1) is 0 Å². The van der Waals surface area contributed by atoms with Gasteiger partial charge in [0.05, 0.1) is 16.1 Å². The molecule has 0 aliphatic carbocycles. The molecule has 0 spiro atoms. The number of ether oxygens (including phenoxy) is 1. The highest BCUT2D eigenvalue weighted by Crippen LogP contribution is 2.37. The van der Waals surface area contributed by atoms with Crippen molar-refractivity contribution >= 4 is 18.3 Å². The zero-order valence-corrected chi connectivity index (χ0v) is 15.1. The maximum Gasteiger partial charge on any atom is 0.496 e. The van der Waals surface area contributed by atoms with Crippen LogP contribution in [-0.4, -0.2) is 33.2 Å². The molecule has 0 atom stereocenters. The Balaban J connectivity index is 1.82. The summed E-state index contributed by atoms with van der Waals surface area (Å²) in [5, 5.41) is 11.4. The van der Waals surface area contributed by atoms with Crippen molar-refractivity contribution in [1.82, 2.24) is 9.97 Å². The highest BCUT2D eigenvalue weighted by atomic mass is 16.7. The SMILES string of the molecule is CC1(C)OB(c2cnc(OCc3ccncc3)c([N+](=O)[O-])c2)OC1(C)C. The van der Waals surface area contributed by atoms with Crippen molar-refractivity contribution in [3.05, 3.63) is 52.5 Å². The molecule has 8 nitrogen and oxygen atoms in total. The van der Waals surface area contributed by atoms with Crippen LogP contribution in [0.3, 0.4) is 0 Å². The van der Waals surface area contributed by atoms with Gasteiger partial charge in [0, 0.05) is 30.1 Å². The molecule has 0 amide bonds. The number of nitrogens with zero attached hydrogens (tertiary/aromatic N) is 3. The Morgan fingerprint density at radius 2 is 1.81 bits per heavy atom. The molecule has 3 heterocycles. The Bertz CT molecular complexity index is 797. The van der Waals surface area contributed by atoms with E-state index in [1.807, 2.05) is 27.7 Å². The number of nitro groups is 1. The quantitative estimate of drug-likeness (QED) is 0.460. The Morgan fingerprint density at radius 1 is 1.19 bits per heavy atom. The van der Waals surface area contributed by atoms with E-state index < -0.39 is 23.2 Å². The summed E-state index contributed by atoms with van der Waals surface area (Å²) >= 11 is 0. The molecule has 0 aromatic carbocycles. The van der Waals surface area contributed by atoms with E-state index in [1.54, 1.807) is 24.5 Å². The first-order valence-corrected chi connectivity index (χ1v) is 8.21. The van der Waals surface area contributed by atoms with E-state index in [0.717, 1.165) is 5.56 Å². The summed E-state index contributed by atoms with van der Waals surface area (Å²) in [6, 6.07) is 4.92. The first-order valence-electron chi connectivity index (χ1n) is 8.21. The normalized spacial score (nSPS) is 17.9. The molecule has 9 heteroatoms. The van der Waals surface area contributed by atoms with E-state index in [4.69, 9.17) is 14.0 Å². The molecule has 1 aliphatic rings. The lowest BCUT2D eigenvalue weighted by Gasteiger charge is -2.32. The topological polar surface area (TPSA) is 96.6 Å². The minimum atomic E-state index is -0.722. The van der Waals surface area contributed by atoms with Gasteiger partial charge in [-0.2, -0.15) is 0 Å². The van der Waals surface area contributed by atoms with Gasteiger partial charge in [0.15, 0.2) is 0 Å². The smallest absolute Gasteiger partial charge is 0.468 e. The summed E-state index contributed by atoms with van der Waals surface area (Å²) in [5.41, 5.74) is 0.00959. The van der Waals surface area contributed by atoms with E-state index in [0.29, 0.717) is 5.46 Å². The molecule has 2 aromatic heterocycles. The molecule has 0 unspecified atom stereocenters. The van der Waals surface area contributed by atoms with Crippen molar-refractivity contribution < 1.29 is 19.0 Å². The maximum atomic E-state index is 11.4. The Morgan fingerprint density at radius 3 is 2.38 bits per heavy atom. The highest BCUT2D eigenvalue weighted by molar-refractivity contribution is 6.62. The van der Waals surface area contributed by atoms with Crippen LogP contribution in [0.5, 0.6) is 5.88 Å². The van der Waals surface area contributed by atoms with E-state index in [-0.39, 0.29) is 18.2 Å². The molecule has 3 rings (SSSR count). The van der Waals surface area contributed by atoms with Gasteiger partial charge in [-0.3, -0.25) is 15.1 Å². The molecular weight excluding hydrogens is 337 g/mol. The van der Waals surface area contributed by atoms with Gasteiger partial charge in [-0.05, 0) is 45.4 Å². The summed E-state index contributed by atoms with van der Waals surface area (Å²) in [7, 11) is -0.722. The molecule has 0 saturated carbocycles. The van der Waals surface area contributed by atoms with Gasteiger partial charge in [0.2, 0.25) is 0 Å². The molecule has 0 N–H and O–H groups in total. The van der Waals surface area contributed by atoms with Crippen LogP contribution in [0.25, 0.3) is 0 Å². The molecular formula is C17H20BN3O5. The van der Waals surface area contributed by atoms with E-state index in [2.05, 4.69) is 9.97 Å². The number of pyridine rings is 2. The molecule has 136 valence electrons. The van der Waals surface area contributed by atoms with Crippen molar-refractivity contribution in [3.8, 4) is 5.88 Å². The average molecular weight is 357 g/mol. The van der Waals surface area contributed by atoms with E-state index in [1.165, 1.54) is 12.3 Å². The van der Waals surface area contributed by atoms with Crippen molar-refractivity contribution in [1.29, 1.82) is 0 Å². The van der Waals surface area contributed by atoms with Crippen LogP contribution in [0.4, 0.5) is 5.69 Å². The monoisotopic (exact) mass is 357 g/mol. The van der Waals surface area contributed by atoms with Gasteiger partial charge in [-0.25, -0.2) is 4.98 Å². The van der Waals surface area contributed by atoms with Gasteiger partial charge >= 0.3 is 12.8 Å². The summed E-state index contributed by atoms with van der Waals surface area (Å²) in [5.74, 6) is -0.0490. The van der Waals surface area contributed by atoms with Gasteiger partial charge < -0.3 is 14.0 Å². The van der Waals surface area contributed by atoms with Crippen LogP contribution in [0.15, 0.2) is 36.8 Å². The Hall–Kier alpha value is -2.52. The Labute approximate surface area is 151 Å². The van der Waals surface area contributed by atoms with Crippen molar-refractivity contribution in [2.45, 2.75) is 45.5 Å². The minimum Gasteiger partial charge on any atom is -0.468 e. The van der Waals surface area contributed by atoms with Crippen LogP contribution in [0.1, 0.15) is 33.3 Å². The number of aromatic nitrogens is 2. The number of hydrogen-bond donors (Lipinski definition) is 0. The predicted molar refractivity (Wildman–Crippen MR) is 95.2 cm³/mol. The third-order valence-electron chi connectivity index (χ3n) is 4.70. The van der Waals surface area contributed by atoms with Gasteiger partial charge in [0.25, 0.3) is 5.88 Å². The molecule has 1 saturated heterocycles. The second-order valence-electron chi connectivity index (χ2n) is 7.08. The average Bonchev–Trinajstić information content (AvgIpc) is 2.81. The van der Waals surface area contributed by atoms with Crippen LogP contribution < -0.4 is 10.2 Å². The standard InChI is InChI=1S/C17H20BN3O5/c1-16(2)17(3,4)26-18(25-16)13-9-14(21(22)23)15(20-10-13)24-11-12-5-7-19-8-6-12/h5-10H,11H2,1-4H3. The van der Waals surface area contributed by atoms with Crippen molar-refractivity contribution in [3.63, 3.8) is 0 Å². The third kappa shape index (κ3) is 3.54. The zero-order chi connectivity index (χ0) is 18.9. The molecule has 1 aliphatic heterocycles. The van der Waals surface area contributed by atoms with Gasteiger partial charge in [-0.1, -0.05) is 0 Å². The predicted octanol–water partition coefficient (Wildman–Crippen LogP) is 2.26. The molecule has 0 bridgehead atoms. The lowest BCUT2D eigenvalue weighted by molar-refractivity contribution is -0.386. The van der Waals surface area contributed by atoms with Crippen molar-refractivity contribution in [2.75, 3.05) is 0 Å². The second kappa shape index (κ2) is 6.66. The first kappa shape index (κ1) is 18.3. The van der Waals surface area contributed by atoms with Crippen LogP contribution in [0, 0.1) is 10.1 Å². The zero-order valence-electron chi connectivity index (χ0n) is 15.1. The van der Waals surface area contributed by atoms with Gasteiger partial charge in [0.1, 0.15) is 6.61 Å². The van der Waals surface area contributed by atoms with Crippen molar-refractivity contribution in [2.24, 2.45) is 0 Å². The fourth-order valence-corrected chi connectivity index (χ4v) is 2.44. The fourth-order valence-electron chi connectivity index (χ4n) is 2.44. The summed E-state index contributed by atoms with van der Waals surface area (Å²) < 4.78 is 17.4. The summed E-state index contributed by atoms with van der Waals surface area (Å²) in [6.07, 6.45) is 4.74. The van der Waals surface area contributed by atoms with Crippen LogP contribution >= 0.6 is 0 Å². The number of hydrogen-bond acceptors (Lipinski definition) is 7. The fraction of sp³-hybridized carbons (Fsp3) is 0.412. The largest absolute Gasteiger partial charge is 0.496 e. The third-order valence-corrected chi connectivity index (χ3v) is 4.70. The molecule has 1 fully saturated rings.